The third-order valence-corrected chi connectivity index (χ3v) is 7.48. The predicted octanol–water partition coefficient (Wildman–Crippen LogP) is 6.66. The zero-order valence-corrected chi connectivity index (χ0v) is 22.2. The molecule has 3 aromatic carbocycles. The summed E-state index contributed by atoms with van der Waals surface area (Å²) in [6, 6.07) is 18.9. The minimum absolute atomic E-state index is 0.00241. The molecule has 0 radical (unpaired) electrons. The minimum Gasteiger partial charge on any atom is -0.459 e. The van der Waals surface area contributed by atoms with Gasteiger partial charge < -0.3 is 9.57 Å². The van der Waals surface area contributed by atoms with Gasteiger partial charge in [-0.15, -0.1) is 0 Å². The Hall–Kier alpha value is -2.62. The molecule has 3 aromatic rings. The third-order valence-electron chi connectivity index (χ3n) is 4.93. The Morgan fingerprint density at radius 3 is 2.25 bits per heavy atom. The highest BCUT2D eigenvalue weighted by Gasteiger charge is 2.26. The molecule has 0 saturated carbocycles. The number of carbonyl (C=O) groups excluding carboxylic acids is 1. The Bertz CT molecular complexity index is 1320. The molecule has 0 aromatic heterocycles. The van der Waals surface area contributed by atoms with E-state index < -0.39 is 22.2 Å². The molecule has 1 unspecified atom stereocenters. The lowest BCUT2D eigenvalue weighted by Gasteiger charge is -2.18. The van der Waals surface area contributed by atoms with Crippen molar-refractivity contribution in [2.24, 2.45) is 5.16 Å². The smallest absolute Gasteiger partial charge is 0.338 e. The standard InChI is InChI=1S/C25H22Cl3NO6S/c1-33-29-13-5-8-20(35-36(31,32)24-15-22(27)21(26)14-23(24)28)16-34-25(30)19-11-9-18(10-12-19)17-6-3-2-4-7-17/h2-4,6-7,9-15,20H,5,8,16H2,1H3. The summed E-state index contributed by atoms with van der Waals surface area (Å²) >= 11 is 17.9. The normalized spacial score (nSPS) is 12.4. The molecule has 0 bridgehead atoms. The van der Waals surface area contributed by atoms with Gasteiger partial charge in [-0.3, -0.25) is 4.18 Å². The number of oxime groups is 1. The second kappa shape index (κ2) is 13.1. The number of esters is 1. The SMILES string of the molecule is CON=CCCC(COC(=O)c1ccc(-c2ccccc2)cc1)OS(=O)(=O)c1cc(Cl)c(Cl)cc1Cl. The van der Waals surface area contributed by atoms with Crippen LogP contribution in [-0.4, -0.2) is 40.4 Å². The van der Waals surface area contributed by atoms with E-state index in [1.165, 1.54) is 19.4 Å². The van der Waals surface area contributed by atoms with E-state index in [1.54, 1.807) is 24.3 Å². The van der Waals surface area contributed by atoms with Crippen LogP contribution in [0.1, 0.15) is 23.2 Å². The van der Waals surface area contributed by atoms with Gasteiger partial charge in [0.05, 0.1) is 20.6 Å². The van der Waals surface area contributed by atoms with Crippen molar-refractivity contribution in [3.8, 4) is 11.1 Å². The average molecular weight is 571 g/mol. The minimum atomic E-state index is -4.36. The van der Waals surface area contributed by atoms with Crippen molar-refractivity contribution >= 4 is 57.1 Å². The summed E-state index contributed by atoms with van der Waals surface area (Å²) in [7, 11) is -2.98. The molecular weight excluding hydrogens is 549 g/mol. The highest BCUT2D eigenvalue weighted by atomic mass is 35.5. The second-order valence-corrected chi connectivity index (χ2v) is 10.2. The number of hydrogen-bond donors (Lipinski definition) is 0. The number of ether oxygens (including phenoxy) is 1. The van der Waals surface area contributed by atoms with Gasteiger partial charge in [-0.2, -0.15) is 8.42 Å². The highest BCUT2D eigenvalue weighted by Crippen LogP contribution is 2.33. The first-order chi connectivity index (χ1) is 17.2. The Morgan fingerprint density at radius 1 is 0.944 bits per heavy atom. The van der Waals surface area contributed by atoms with Crippen LogP contribution in [0.3, 0.4) is 0 Å². The Balaban J connectivity index is 1.71. The Morgan fingerprint density at radius 2 is 1.58 bits per heavy atom. The molecule has 0 heterocycles. The van der Waals surface area contributed by atoms with Gasteiger partial charge in [0.1, 0.15) is 24.7 Å². The maximum atomic E-state index is 12.9. The molecule has 0 aliphatic heterocycles. The summed E-state index contributed by atoms with van der Waals surface area (Å²) in [5.74, 6) is -0.626. The Kier molecular flexibility index (Phi) is 10.2. The molecule has 0 aliphatic rings. The zero-order valence-electron chi connectivity index (χ0n) is 19.1. The number of hydrogen-bond acceptors (Lipinski definition) is 7. The van der Waals surface area contributed by atoms with Crippen LogP contribution in [0, 0.1) is 0 Å². The van der Waals surface area contributed by atoms with Gasteiger partial charge in [-0.05, 0) is 48.2 Å². The van der Waals surface area contributed by atoms with E-state index in [0.717, 1.165) is 17.2 Å². The summed E-state index contributed by atoms with van der Waals surface area (Å²) in [6.07, 6.45) is 0.869. The quantitative estimate of drug-likeness (QED) is 0.0842. The Labute approximate surface area is 224 Å². The largest absolute Gasteiger partial charge is 0.459 e. The van der Waals surface area contributed by atoms with Crippen molar-refractivity contribution in [3.05, 3.63) is 87.4 Å². The van der Waals surface area contributed by atoms with Gasteiger partial charge in [-0.1, -0.05) is 82.4 Å². The number of nitrogens with zero attached hydrogens (tertiary/aromatic N) is 1. The summed E-state index contributed by atoms with van der Waals surface area (Å²) in [5, 5.41) is 3.56. The summed E-state index contributed by atoms with van der Waals surface area (Å²) < 4.78 is 36.5. The van der Waals surface area contributed by atoms with Gasteiger partial charge in [-0.25, -0.2) is 4.79 Å². The number of halogens is 3. The molecule has 0 fully saturated rings. The van der Waals surface area contributed by atoms with E-state index in [0.29, 0.717) is 12.0 Å². The molecular formula is C25H22Cl3NO6S. The van der Waals surface area contributed by atoms with E-state index >= 15 is 0 Å². The molecule has 0 amide bonds. The maximum absolute atomic E-state index is 12.9. The maximum Gasteiger partial charge on any atom is 0.338 e. The van der Waals surface area contributed by atoms with E-state index in [4.69, 9.17) is 43.7 Å². The molecule has 11 heteroatoms. The van der Waals surface area contributed by atoms with E-state index in [2.05, 4.69) is 9.99 Å². The van der Waals surface area contributed by atoms with Crippen LogP contribution in [-0.2, 0) is 23.9 Å². The van der Waals surface area contributed by atoms with Crippen LogP contribution in [0.5, 0.6) is 0 Å². The van der Waals surface area contributed by atoms with Gasteiger partial charge >= 0.3 is 5.97 Å². The van der Waals surface area contributed by atoms with Crippen LogP contribution in [0.2, 0.25) is 15.1 Å². The molecule has 0 N–H and O–H groups in total. The lowest BCUT2D eigenvalue weighted by atomic mass is 10.0. The molecule has 3 rings (SSSR count). The van der Waals surface area contributed by atoms with Gasteiger partial charge in [0.2, 0.25) is 0 Å². The van der Waals surface area contributed by atoms with Crippen molar-refractivity contribution in [1.29, 1.82) is 0 Å². The third kappa shape index (κ3) is 7.69. The van der Waals surface area contributed by atoms with E-state index in [9.17, 15) is 13.2 Å². The van der Waals surface area contributed by atoms with Gasteiger partial charge in [0, 0.05) is 6.21 Å². The molecule has 1 atom stereocenters. The predicted molar refractivity (Wildman–Crippen MR) is 140 cm³/mol. The first kappa shape index (κ1) is 28.0. The first-order valence-electron chi connectivity index (χ1n) is 10.7. The fraction of sp³-hybridized carbons (Fsp3) is 0.200. The number of benzene rings is 3. The molecule has 0 saturated heterocycles. The first-order valence-corrected chi connectivity index (χ1v) is 13.2. The average Bonchev–Trinajstić information content (AvgIpc) is 2.87. The van der Waals surface area contributed by atoms with Gasteiger partial charge in [0.15, 0.2) is 0 Å². The van der Waals surface area contributed by atoms with Crippen LogP contribution in [0.25, 0.3) is 11.1 Å². The number of carbonyl (C=O) groups is 1. The summed E-state index contributed by atoms with van der Waals surface area (Å²) in [4.78, 5) is 16.9. The number of rotatable bonds is 11. The van der Waals surface area contributed by atoms with Crippen molar-refractivity contribution in [2.75, 3.05) is 13.7 Å². The second-order valence-electron chi connectivity index (χ2n) is 7.46. The molecule has 7 nitrogen and oxygen atoms in total. The topological polar surface area (TPSA) is 91.3 Å². The zero-order chi connectivity index (χ0) is 26.1. The monoisotopic (exact) mass is 569 g/mol. The van der Waals surface area contributed by atoms with E-state index in [-0.39, 0.29) is 33.0 Å². The van der Waals surface area contributed by atoms with Gasteiger partial charge in [0.25, 0.3) is 10.1 Å². The van der Waals surface area contributed by atoms with Crippen molar-refractivity contribution < 1.29 is 27.0 Å². The van der Waals surface area contributed by atoms with Crippen molar-refractivity contribution in [3.63, 3.8) is 0 Å². The highest BCUT2D eigenvalue weighted by molar-refractivity contribution is 7.87. The lowest BCUT2D eigenvalue weighted by Crippen LogP contribution is -2.26. The lowest BCUT2D eigenvalue weighted by molar-refractivity contribution is 0.0311. The van der Waals surface area contributed by atoms with Crippen molar-refractivity contribution in [2.45, 2.75) is 23.8 Å². The molecule has 0 spiro atoms. The van der Waals surface area contributed by atoms with E-state index in [1.807, 2.05) is 30.3 Å². The van der Waals surface area contributed by atoms with Crippen LogP contribution in [0.15, 0.2) is 76.8 Å². The fourth-order valence-electron chi connectivity index (χ4n) is 3.16. The summed E-state index contributed by atoms with van der Waals surface area (Å²) in [6.45, 7) is -0.335. The summed E-state index contributed by atoms with van der Waals surface area (Å²) in [5.41, 5.74) is 2.26. The van der Waals surface area contributed by atoms with Crippen LogP contribution in [0.4, 0.5) is 0 Å². The fourth-order valence-corrected chi connectivity index (χ4v) is 5.22. The van der Waals surface area contributed by atoms with Crippen LogP contribution >= 0.6 is 34.8 Å². The van der Waals surface area contributed by atoms with Crippen molar-refractivity contribution in [1.82, 2.24) is 0 Å². The van der Waals surface area contributed by atoms with Crippen LogP contribution < -0.4 is 0 Å². The molecule has 36 heavy (non-hydrogen) atoms. The molecule has 190 valence electrons. The molecule has 0 aliphatic carbocycles.